The van der Waals surface area contributed by atoms with Crippen LogP contribution in [0.25, 0.3) is 0 Å². The van der Waals surface area contributed by atoms with Gasteiger partial charge in [0.25, 0.3) is 0 Å². The molecule has 0 saturated heterocycles. The van der Waals surface area contributed by atoms with Crippen LogP contribution in [0.3, 0.4) is 0 Å². The first kappa shape index (κ1) is 6.82. The minimum atomic E-state index is 0.787. The molecule has 2 radical (unpaired) electrons. The van der Waals surface area contributed by atoms with Gasteiger partial charge in [-0.2, -0.15) is 0 Å². The van der Waals surface area contributed by atoms with Gasteiger partial charge in [-0.3, -0.25) is 0 Å². The van der Waals surface area contributed by atoms with Crippen molar-refractivity contribution in [2.45, 2.75) is 0 Å². The van der Waals surface area contributed by atoms with Crippen LogP contribution in [0, 0.1) is 9.40 Å². The first-order valence-corrected chi connectivity index (χ1v) is 4.94. The Hall–Kier alpha value is -0.298. The Labute approximate surface area is 71.0 Å². The van der Waals surface area contributed by atoms with E-state index in [-0.39, 0.29) is 0 Å². The first-order chi connectivity index (χ1) is 4.43. The normalized spacial score (nSPS) is 7.67. The van der Waals surface area contributed by atoms with Gasteiger partial charge in [0.2, 0.25) is 0 Å². The molecule has 0 aliphatic carbocycles. The summed E-state index contributed by atoms with van der Waals surface area (Å²) in [6.07, 6.45) is 0. The molecule has 1 heteroatoms. The summed E-state index contributed by atoms with van der Waals surface area (Å²) in [5.74, 6) is 3.03. The van der Waals surface area contributed by atoms with Gasteiger partial charge in [0.05, 0.1) is 0 Å². The molecule has 0 bridgehead atoms. The van der Waals surface area contributed by atoms with Gasteiger partial charge >= 0.3 is 71.1 Å². The van der Waals surface area contributed by atoms with Crippen LogP contribution in [-0.4, -0.2) is 25.8 Å². The summed E-state index contributed by atoms with van der Waals surface area (Å²) in [4.78, 5) is 0. The molecule has 9 heavy (non-hydrogen) atoms. The van der Waals surface area contributed by atoms with Crippen molar-refractivity contribution in [3.63, 3.8) is 0 Å². The standard InChI is InChI=1S/C8H5.Pb.H/c1-2-8-6-4-3-5-7-8;;/h3-7H;;. The van der Waals surface area contributed by atoms with Crippen LogP contribution in [0.2, 0.25) is 0 Å². The molecule has 0 spiro atoms. The molecule has 0 aromatic heterocycles. The Morgan fingerprint density at radius 3 is 2.33 bits per heavy atom. The maximum absolute atomic E-state index is 3.03. The average molecular weight is 309 g/mol. The Morgan fingerprint density at radius 1 is 1.11 bits per heavy atom. The fourth-order valence-corrected chi connectivity index (χ4v) is 1.25. The van der Waals surface area contributed by atoms with Crippen molar-refractivity contribution in [1.29, 1.82) is 0 Å². The minimum absolute atomic E-state index is 0.787. The summed E-state index contributed by atoms with van der Waals surface area (Å²) in [6.45, 7) is 0. The average Bonchev–Trinajstić information content (AvgIpc) is 1.91. The van der Waals surface area contributed by atoms with Crippen molar-refractivity contribution in [2.75, 3.05) is 0 Å². The Balaban J connectivity index is 2.94. The van der Waals surface area contributed by atoms with Crippen molar-refractivity contribution in [2.24, 2.45) is 0 Å². The quantitative estimate of drug-likeness (QED) is 0.493. The molecule has 0 unspecified atom stereocenters. The molecule has 0 fully saturated rings. The number of hydrogen-bond donors (Lipinski definition) is 0. The van der Waals surface area contributed by atoms with E-state index >= 15 is 0 Å². The number of benzene rings is 1. The van der Waals surface area contributed by atoms with E-state index in [2.05, 4.69) is 9.40 Å². The van der Waals surface area contributed by atoms with Crippen LogP contribution < -0.4 is 0 Å². The molecule has 0 atom stereocenters. The third kappa shape index (κ3) is 2.19. The van der Waals surface area contributed by atoms with E-state index in [9.17, 15) is 0 Å². The van der Waals surface area contributed by atoms with Crippen molar-refractivity contribution >= 4 is 25.8 Å². The van der Waals surface area contributed by atoms with E-state index < -0.39 is 0 Å². The van der Waals surface area contributed by atoms with Gasteiger partial charge in [0, 0.05) is 0 Å². The summed E-state index contributed by atoms with van der Waals surface area (Å²) < 4.78 is 3.00. The van der Waals surface area contributed by atoms with Crippen LogP contribution in [0.15, 0.2) is 30.3 Å². The van der Waals surface area contributed by atoms with E-state index in [1.807, 2.05) is 30.3 Å². The third-order valence-corrected chi connectivity index (χ3v) is 1.55. The number of rotatable bonds is 0. The maximum atomic E-state index is 3.03. The van der Waals surface area contributed by atoms with Gasteiger partial charge in [-0.1, -0.05) is 0 Å². The predicted octanol–water partition coefficient (Wildman–Crippen LogP) is 0.896. The zero-order chi connectivity index (χ0) is 6.53. The summed E-state index contributed by atoms with van der Waals surface area (Å²) >= 11 is 0.787. The van der Waals surface area contributed by atoms with Crippen LogP contribution in [0.4, 0.5) is 0 Å². The second-order valence-electron chi connectivity index (χ2n) is 1.64. The van der Waals surface area contributed by atoms with E-state index in [0.29, 0.717) is 0 Å². The summed E-state index contributed by atoms with van der Waals surface area (Å²) in [5, 5.41) is 0. The van der Waals surface area contributed by atoms with Gasteiger partial charge < -0.3 is 0 Å². The van der Waals surface area contributed by atoms with Crippen LogP contribution >= 0.6 is 0 Å². The molecule has 0 heterocycles. The third-order valence-electron chi connectivity index (χ3n) is 0.990. The van der Waals surface area contributed by atoms with Gasteiger partial charge in [0.15, 0.2) is 0 Å². The number of hydrogen-bond acceptors (Lipinski definition) is 0. The fourth-order valence-electron chi connectivity index (χ4n) is 0.605. The van der Waals surface area contributed by atoms with Crippen LogP contribution in [0.5, 0.6) is 0 Å². The monoisotopic (exact) mass is 310 g/mol. The van der Waals surface area contributed by atoms with E-state index in [0.717, 1.165) is 31.3 Å². The molecular weight excluding hydrogens is 303 g/mol. The van der Waals surface area contributed by atoms with Crippen molar-refractivity contribution in [3.05, 3.63) is 35.9 Å². The van der Waals surface area contributed by atoms with Crippen LogP contribution in [0.1, 0.15) is 5.56 Å². The van der Waals surface area contributed by atoms with E-state index in [1.54, 1.807) is 0 Å². The van der Waals surface area contributed by atoms with E-state index in [1.165, 1.54) is 0 Å². The summed E-state index contributed by atoms with van der Waals surface area (Å²) in [6, 6.07) is 10.1. The van der Waals surface area contributed by atoms with Crippen LogP contribution in [-0.2, 0) is 0 Å². The summed E-state index contributed by atoms with van der Waals surface area (Å²) in [7, 11) is 0. The van der Waals surface area contributed by atoms with Crippen molar-refractivity contribution in [3.8, 4) is 9.40 Å². The van der Waals surface area contributed by atoms with Gasteiger partial charge in [-0.25, -0.2) is 0 Å². The van der Waals surface area contributed by atoms with Crippen molar-refractivity contribution < 1.29 is 0 Å². The topological polar surface area (TPSA) is 0 Å². The van der Waals surface area contributed by atoms with E-state index in [4.69, 9.17) is 0 Å². The molecule has 1 rings (SSSR count). The van der Waals surface area contributed by atoms with Crippen molar-refractivity contribution in [1.82, 2.24) is 0 Å². The molecule has 1 aromatic carbocycles. The molecule has 0 aliphatic heterocycles. The first-order valence-electron chi connectivity index (χ1n) is 2.70. The summed E-state index contributed by atoms with van der Waals surface area (Å²) in [5.41, 5.74) is 1.13. The SMILES string of the molecule is [PbH][C]#Cc1ccccc1. The molecule has 0 nitrogen and oxygen atoms in total. The zero-order valence-electron chi connectivity index (χ0n) is 4.96. The molecule has 0 saturated carbocycles. The van der Waals surface area contributed by atoms with Gasteiger partial charge in [-0.05, 0) is 0 Å². The van der Waals surface area contributed by atoms with Gasteiger partial charge in [-0.15, -0.1) is 0 Å². The Morgan fingerprint density at radius 2 is 1.78 bits per heavy atom. The van der Waals surface area contributed by atoms with Gasteiger partial charge in [0.1, 0.15) is 0 Å². The molecule has 42 valence electrons. The fraction of sp³-hybridized carbons (Fsp3) is 0. The zero-order valence-corrected chi connectivity index (χ0v) is 9.45. The predicted molar refractivity (Wildman–Crippen MR) is 40.5 cm³/mol. The molecule has 0 aliphatic rings. The molecule has 1 aromatic rings. The second kappa shape index (κ2) is 3.68. The molecule has 0 N–H and O–H groups in total. The molecule has 0 amide bonds. The molecular formula is C8H6Pb. The second-order valence-corrected chi connectivity index (χ2v) is 2.76. The Kier molecular flexibility index (Phi) is 2.78. The Bertz CT molecular complexity index is 228.